The number of anilines is 2. The van der Waals surface area contributed by atoms with Gasteiger partial charge < -0.3 is 10.7 Å². The number of rotatable bonds is 4. The molecule has 2 aromatic rings. The van der Waals surface area contributed by atoms with E-state index in [4.69, 9.17) is 5.84 Å². The maximum absolute atomic E-state index is 12.1. The van der Waals surface area contributed by atoms with E-state index < -0.39 is 0 Å². The van der Waals surface area contributed by atoms with Gasteiger partial charge in [-0.2, -0.15) is 5.10 Å². The number of carbonyl (C=O) groups excluding carboxylic acids is 1. The zero-order chi connectivity index (χ0) is 14.7. The summed E-state index contributed by atoms with van der Waals surface area (Å²) in [5.74, 6) is 5.20. The van der Waals surface area contributed by atoms with Crippen LogP contribution in [0.5, 0.6) is 0 Å². The molecular formula is C14H19N5O. The SMILES string of the molecule is Cc1cc(C(=O)Nc2cnn(C(C)C)c2)ccc1NN. The zero-order valence-electron chi connectivity index (χ0n) is 11.8. The second kappa shape index (κ2) is 5.75. The molecule has 106 valence electrons. The van der Waals surface area contributed by atoms with Crippen molar-refractivity contribution in [3.63, 3.8) is 0 Å². The van der Waals surface area contributed by atoms with Crippen LogP contribution >= 0.6 is 0 Å². The Balaban J connectivity index is 2.13. The van der Waals surface area contributed by atoms with Gasteiger partial charge in [0.05, 0.1) is 17.6 Å². The number of hydrazine groups is 1. The van der Waals surface area contributed by atoms with Crippen LogP contribution in [0.15, 0.2) is 30.6 Å². The fraction of sp³-hybridized carbons (Fsp3) is 0.286. The zero-order valence-corrected chi connectivity index (χ0v) is 11.8. The average molecular weight is 273 g/mol. The molecule has 0 fully saturated rings. The number of aryl methyl sites for hydroxylation is 1. The van der Waals surface area contributed by atoms with E-state index in [9.17, 15) is 4.79 Å². The third-order valence-corrected chi connectivity index (χ3v) is 3.03. The van der Waals surface area contributed by atoms with Crippen molar-refractivity contribution < 1.29 is 4.79 Å². The summed E-state index contributed by atoms with van der Waals surface area (Å²) in [6, 6.07) is 5.56. The van der Waals surface area contributed by atoms with Gasteiger partial charge >= 0.3 is 0 Å². The lowest BCUT2D eigenvalue weighted by molar-refractivity contribution is 0.102. The summed E-state index contributed by atoms with van der Waals surface area (Å²) in [6.45, 7) is 5.95. The molecule has 1 heterocycles. The van der Waals surface area contributed by atoms with E-state index in [-0.39, 0.29) is 11.9 Å². The van der Waals surface area contributed by atoms with Gasteiger partial charge in [0.1, 0.15) is 0 Å². The topological polar surface area (TPSA) is 85.0 Å². The highest BCUT2D eigenvalue weighted by Gasteiger charge is 2.09. The number of aromatic nitrogens is 2. The van der Waals surface area contributed by atoms with Crippen LogP contribution in [0.1, 0.15) is 35.8 Å². The van der Waals surface area contributed by atoms with Crippen molar-refractivity contribution in [3.8, 4) is 0 Å². The number of amides is 1. The van der Waals surface area contributed by atoms with Crippen molar-refractivity contribution in [1.82, 2.24) is 9.78 Å². The molecule has 1 aromatic carbocycles. The Hall–Kier alpha value is -2.34. The van der Waals surface area contributed by atoms with E-state index in [1.54, 1.807) is 29.1 Å². The van der Waals surface area contributed by atoms with Crippen LogP contribution in [-0.2, 0) is 0 Å². The molecule has 6 heteroatoms. The first-order valence-corrected chi connectivity index (χ1v) is 6.44. The smallest absolute Gasteiger partial charge is 0.255 e. The molecule has 0 spiro atoms. The first kappa shape index (κ1) is 14.1. The van der Waals surface area contributed by atoms with E-state index in [2.05, 4.69) is 15.8 Å². The Labute approximate surface area is 117 Å². The van der Waals surface area contributed by atoms with E-state index in [0.717, 1.165) is 11.3 Å². The lowest BCUT2D eigenvalue weighted by Gasteiger charge is -2.08. The molecular weight excluding hydrogens is 254 g/mol. The van der Waals surface area contributed by atoms with Crippen LogP contribution in [0.25, 0.3) is 0 Å². The van der Waals surface area contributed by atoms with Gasteiger partial charge in [-0.25, -0.2) is 0 Å². The van der Waals surface area contributed by atoms with Crippen LogP contribution in [0.3, 0.4) is 0 Å². The van der Waals surface area contributed by atoms with Gasteiger partial charge in [0, 0.05) is 17.8 Å². The number of nitrogens with two attached hydrogens (primary N) is 1. The summed E-state index contributed by atoms with van der Waals surface area (Å²) in [6.07, 6.45) is 3.45. The Kier molecular flexibility index (Phi) is 4.05. The summed E-state index contributed by atoms with van der Waals surface area (Å²) < 4.78 is 1.79. The highest BCUT2D eigenvalue weighted by atomic mass is 16.1. The van der Waals surface area contributed by atoms with E-state index in [0.29, 0.717) is 11.3 Å². The molecule has 6 nitrogen and oxygen atoms in total. The van der Waals surface area contributed by atoms with Gasteiger partial charge in [0.2, 0.25) is 0 Å². The number of benzene rings is 1. The second-order valence-electron chi connectivity index (χ2n) is 4.93. The minimum absolute atomic E-state index is 0.167. The fourth-order valence-electron chi connectivity index (χ4n) is 1.86. The third kappa shape index (κ3) is 2.97. The Morgan fingerprint density at radius 2 is 2.15 bits per heavy atom. The summed E-state index contributed by atoms with van der Waals surface area (Å²) in [5.41, 5.74) is 5.56. The standard InChI is InChI=1S/C14H19N5O/c1-9(2)19-8-12(7-16-19)17-14(20)11-4-5-13(18-15)10(3)6-11/h4-9,18H,15H2,1-3H3,(H,17,20). The molecule has 4 N–H and O–H groups in total. The molecule has 0 radical (unpaired) electrons. The Morgan fingerprint density at radius 3 is 2.70 bits per heavy atom. The lowest BCUT2D eigenvalue weighted by atomic mass is 10.1. The van der Waals surface area contributed by atoms with Crippen LogP contribution in [0.4, 0.5) is 11.4 Å². The van der Waals surface area contributed by atoms with Crippen molar-refractivity contribution >= 4 is 17.3 Å². The predicted octanol–water partition coefficient (Wildman–Crippen LogP) is 2.31. The summed E-state index contributed by atoms with van der Waals surface area (Å²) in [7, 11) is 0. The number of nitrogens with zero attached hydrogens (tertiary/aromatic N) is 2. The number of nitrogens with one attached hydrogen (secondary N) is 2. The second-order valence-corrected chi connectivity index (χ2v) is 4.93. The molecule has 0 saturated heterocycles. The van der Waals surface area contributed by atoms with Crippen LogP contribution < -0.4 is 16.6 Å². The quantitative estimate of drug-likeness (QED) is 0.589. The number of nitrogen functional groups attached to an aromatic ring is 1. The predicted molar refractivity (Wildman–Crippen MR) is 79.6 cm³/mol. The van der Waals surface area contributed by atoms with Gasteiger partial charge in [0.25, 0.3) is 5.91 Å². The van der Waals surface area contributed by atoms with Crippen LogP contribution in [0.2, 0.25) is 0 Å². The molecule has 1 amide bonds. The third-order valence-electron chi connectivity index (χ3n) is 3.03. The van der Waals surface area contributed by atoms with Crippen molar-refractivity contribution in [2.45, 2.75) is 26.8 Å². The van der Waals surface area contributed by atoms with Gasteiger partial charge in [-0.1, -0.05) is 0 Å². The summed E-state index contributed by atoms with van der Waals surface area (Å²) in [4.78, 5) is 12.1. The Morgan fingerprint density at radius 1 is 1.40 bits per heavy atom. The molecule has 0 saturated carbocycles. The maximum atomic E-state index is 12.1. The first-order valence-electron chi connectivity index (χ1n) is 6.44. The largest absolute Gasteiger partial charge is 0.324 e. The fourth-order valence-corrected chi connectivity index (χ4v) is 1.86. The Bertz CT molecular complexity index is 618. The minimum Gasteiger partial charge on any atom is -0.324 e. The normalized spacial score (nSPS) is 10.7. The van der Waals surface area contributed by atoms with E-state index >= 15 is 0 Å². The number of carbonyl (C=O) groups is 1. The molecule has 2 rings (SSSR count). The van der Waals surface area contributed by atoms with Gasteiger partial charge in [-0.05, 0) is 44.5 Å². The monoisotopic (exact) mass is 273 g/mol. The molecule has 0 unspecified atom stereocenters. The summed E-state index contributed by atoms with van der Waals surface area (Å²) >= 11 is 0. The highest BCUT2D eigenvalue weighted by molar-refractivity contribution is 6.04. The van der Waals surface area contributed by atoms with Crippen molar-refractivity contribution in [1.29, 1.82) is 0 Å². The van der Waals surface area contributed by atoms with Gasteiger partial charge in [-0.3, -0.25) is 15.3 Å². The molecule has 0 aliphatic carbocycles. The molecule has 0 atom stereocenters. The minimum atomic E-state index is -0.167. The molecule has 1 aromatic heterocycles. The highest BCUT2D eigenvalue weighted by Crippen LogP contribution is 2.17. The van der Waals surface area contributed by atoms with E-state index in [1.807, 2.05) is 27.0 Å². The van der Waals surface area contributed by atoms with Crippen molar-refractivity contribution in [2.75, 3.05) is 10.7 Å². The first-order chi connectivity index (χ1) is 9.51. The molecule has 20 heavy (non-hydrogen) atoms. The molecule has 0 aliphatic rings. The molecule has 0 aliphatic heterocycles. The molecule has 0 bridgehead atoms. The number of hydrogen-bond donors (Lipinski definition) is 3. The average Bonchev–Trinajstić information content (AvgIpc) is 2.87. The summed E-state index contributed by atoms with van der Waals surface area (Å²) in [5, 5.41) is 7.01. The van der Waals surface area contributed by atoms with Crippen molar-refractivity contribution in [2.24, 2.45) is 5.84 Å². The van der Waals surface area contributed by atoms with Gasteiger partial charge in [0.15, 0.2) is 0 Å². The van der Waals surface area contributed by atoms with Crippen LogP contribution in [-0.4, -0.2) is 15.7 Å². The van der Waals surface area contributed by atoms with Crippen LogP contribution in [0, 0.1) is 6.92 Å². The number of hydrogen-bond acceptors (Lipinski definition) is 4. The van der Waals surface area contributed by atoms with Gasteiger partial charge in [-0.15, -0.1) is 0 Å². The van der Waals surface area contributed by atoms with E-state index in [1.165, 1.54) is 0 Å². The van der Waals surface area contributed by atoms with Crippen molar-refractivity contribution in [3.05, 3.63) is 41.7 Å². The maximum Gasteiger partial charge on any atom is 0.255 e. The lowest BCUT2D eigenvalue weighted by Crippen LogP contribution is -2.13.